The molecule has 1 fully saturated rings. The van der Waals surface area contributed by atoms with Crippen molar-refractivity contribution >= 4 is 23.8 Å². The molecule has 0 unspecified atom stereocenters. The molecule has 0 saturated heterocycles. The van der Waals surface area contributed by atoms with E-state index in [0.717, 1.165) is 12.8 Å². The van der Waals surface area contributed by atoms with Gasteiger partial charge in [0.15, 0.2) is 0 Å². The summed E-state index contributed by atoms with van der Waals surface area (Å²) < 4.78 is 11.2. The van der Waals surface area contributed by atoms with Gasteiger partial charge in [0.05, 0.1) is 39.1 Å². The van der Waals surface area contributed by atoms with Gasteiger partial charge in [-0.15, -0.1) is 0 Å². The van der Waals surface area contributed by atoms with Crippen LogP contribution in [-0.2, 0) is 9.47 Å². The number of aromatic nitrogens is 3. The third kappa shape index (κ3) is 10.8. The van der Waals surface area contributed by atoms with Crippen molar-refractivity contribution in [2.24, 2.45) is 5.92 Å². The Morgan fingerprint density at radius 3 is 2.26 bits per heavy atom. The van der Waals surface area contributed by atoms with Crippen LogP contribution in [0.25, 0.3) is 0 Å². The van der Waals surface area contributed by atoms with E-state index in [2.05, 4.69) is 36.2 Å². The third-order valence-electron chi connectivity index (χ3n) is 6.36. The van der Waals surface area contributed by atoms with Crippen molar-refractivity contribution in [2.45, 2.75) is 58.0 Å². The molecule has 38 heavy (non-hydrogen) atoms. The summed E-state index contributed by atoms with van der Waals surface area (Å²) in [6, 6.07) is 9.31. The maximum Gasteiger partial charge on any atom is 0.251 e. The Kier molecular flexibility index (Phi) is 13.0. The van der Waals surface area contributed by atoms with E-state index in [1.165, 1.54) is 19.3 Å². The normalized spacial score (nSPS) is 14.7. The monoisotopic (exact) mass is 529 g/mol. The van der Waals surface area contributed by atoms with Gasteiger partial charge in [0.2, 0.25) is 17.8 Å². The molecule has 5 N–H and O–H groups in total. The highest BCUT2D eigenvalue weighted by Crippen LogP contribution is 2.21. The number of carbonyl (C=O) groups excluding carboxylic acids is 1. The third-order valence-corrected chi connectivity index (χ3v) is 6.36. The lowest BCUT2D eigenvalue weighted by atomic mass is 9.96. The number of nitrogens with one attached hydrogen (secondary N) is 4. The van der Waals surface area contributed by atoms with Crippen LogP contribution in [0.3, 0.4) is 0 Å². The van der Waals surface area contributed by atoms with Crippen molar-refractivity contribution in [3.05, 3.63) is 35.9 Å². The number of amides is 1. The molecule has 11 heteroatoms. The van der Waals surface area contributed by atoms with Gasteiger partial charge in [-0.3, -0.25) is 4.79 Å². The molecule has 3 rings (SSSR count). The number of nitrogens with zero attached hydrogens (tertiary/aromatic N) is 3. The lowest BCUT2D eigenvalue weighted by Crippen LogP contribution is -2.31. The highest BCUT2D eigenvalue weighted by Gasteiger charge is 2.18. The molecule has 11 nitrogen and oxygen atoms in total. The van der Waals surface area contributed by atoms with Gasteiger partial charge in [0.1, 0.15) is 0 Å². The molecule has 0 aliphatic heterocycles. The van der Waals surface area contributed by atoms with E-state index >= 15 is 0 Å². The van der Waals surface area contributed by atoms with Crippen molar-refractivity contribution in [3.63, 3.8) is 0 Å². The quantitative estimate of drug-likeness (QED) is 0.194. The van der Waals surface area contributed by atoms with Crippen molar-refractivity contribution in [1.82, 2.24) is 20.3 Å². The first kappa shape index (κ1) is 29.5. The average Bonchev–Trinajstić information content (AvgIpc) is 2.93. The van der Waals surface area contributed by atoms with Crippen molar-refractivity contribution < 1.29 is 19.4 Å². The minimum absolute atomic E-state index is 0.00714. The molecule has 0 spiro atoms. The topological polar surface area (TPSA) is 143 Å². The first-order valence-electron chi connectivity index (χ1n) is 13.7. The van der Waals surface area contributed by atoms with Crippen LogP contribution in [0.5, 0.6) is 0 Å². The van der Waals surface area contributed by atoms with E-state index in [0.29, 0.717) is 69.0 Å². The summed E-state index contributed by atoms with van der Waals surface area (Å²) in [5.41, 5.74) is 0.634. The van der Waals surface area contributed by atoms with Crippen molar-refractivity contribution in [1.29, 1.82) is 0 Å². The summed E-state index contributed by atoms with van der Waals surface area (Å²) in [6.45, 7) is 6.79. The van der Waals surface area contributed by atoms with Crippen LogP contribution in [0.15, 0.2) is 30.3 Å². The van der Waals surface area contributed by atoms with Gasteiger partial charge in [0, 0.05) is 24.7 Å². The van der Waals surface area contributed by atoms with Crippen molar-refractivity contribution in [3.8, 4) is 0 Å². The number of benzene rings is 1. The van der Waals surface area contributed by atoms with Gasteiger partial charge < -0.3 is 35.8 Å². The molecular formula is C27H43N7O4. The fraction of sp³-hybridized carbons (Fsp3) is 0.630. The van der Waals surface area contributed by atoms with Crippen LogP contribution >= 0.6 is 0 Å². The summed E-state index contributed by atoms with van der Waals surface area (Å²) >= 11 is 0. The van der Waals surface area contributed by atoms with Crippen LogP contribution in [0, 0.1) is 5.92 Å². The fourth-order valence-electron chi connectivity index (χ4n) is 4.09. The highest BCUT2D eigenvalue weighted by molar-refractivity contribution is 5.94. The lowest BCUT2D eigenvalue weighted by molar-refractivity contribution is 0.0519. The maximum absolute atomic E-state index is 12.0. The predicted octanol–water partition coefficient (Wildman–Crippen LogP) is 2.92. The Morgan fingerprint density at radius 1 is 0.921 bits per heavy atom. The Hall–Kier alpha value is -3.02. The SMILES string of the molecule is CC(C)[C@@H](CO)Nc1nc(NCCOCCOCCNC(=O)c2ccccc2)nc(NC2CCCCC2)n1. The number of hydrogen-bond donors (Lipinski definition) is 5. The van der Waals surface area contributed by atoms with Gasteiger partial charge in [-0.2, -0.15) is 15.0 Å². The summed E-state index contributed by atoms with van der Waals surface area (Å²) in [6.07, 6.45) is 5.91. The van der Waals surface area contributed by atoms with Gasteiger partial charge in [-0.1, -0.05) is 51.3 Å². The molecule has 2 aromatic rings. The minimum Gasteiger partial charge on any atom is -0.394 e. The summed E-state index contributed by atoms with van der Waals surface area (Å²) in [5, 5.41) is 22.4. The molecule has 1 aliphatic carbocycles. The van der Waals surface area contributed by atoms with Gasteiger partial charge >= 0.3 is 0 Å². The van der Waals surface area contributed by atoms with Gasteiger partial charge in [-0.05, 0) is 30.9 Å². The van der Waals surface area contributed by atoms with Crippen LogP contribution in [-0.4, -0.2) is 84.2 Å². The number of aliphatic hydroxyl groups is 1. The lowest BCUT2D eigenvalue weighted by Gasteiger charge is -2.24. The summed E-state index contributed by atoms with van der Waals surface area (Å²) in [4.78, 5) is 25.6. The van der Waals surface area contributed by atoms with Crippen LogP contribution in [0.2, 0.25) is 0 Å². The van der Waals surface area contributed by atoms with E-state index in [9.17, 15) is 9.90 Å². The summed E-state index contributed by atoms with van der Waals surface area (Å²) in [5.74, 6) is 1.53. The molecule has 0 bridgehead atoms. The average molecular weight is 530 g/mol. The van der Waals surface area contributed by atoms with Gasteiger partial charge in [-0.25, -0.2) is 0 Å². The smallest absolute Gasteiger partial charge is 0.251 e. The molecule has 1 amide bonds. The first-order valence-corrected chi connectivity index (χ1v) is 13.7. The minimum atomic E-state index is -0.150. The number of rotatable bonds is 17. The van der Waals surface area contributed by atoms with E-state index in [4.69, 9.17) is 9.47 Å². The zero-order chi connectivity index (χ0) is 27.0. The molecule has 210 valence electrons. The van der Waals surface area contributed by atoms with E-state index in [1.54, 1.807) is 12.1 Å². The first-order chi connectivity index (χ1) is 18.5. The predicted molar refractivity (Wildman–Crippen MR) is 149 cm³/mol. The van der Waals surface area contributed by atoms with E-state index < -0.39 is 0 Å². The van der Waals surface area contributed by atoms with Crippen LogP contribution in [0.1, 0.15) is 56.3 Å². The van der Waals surface area contributed by atoms with E-state index in [1.807, 2.05) is 32.0 Å². The molecular weight excluding hydrogens is 486 g/mol. The standard InChI is InChI=1S/C27H43N7O4/c1-20(2)23(19-35)31-27-33-25(32-26(34-27)30-22-11-7-4-8-12-22)29-14-16-38-18-17-37-15-13-28-24(36)21-9-5-3-6-10-21/h3,5-6,9-10,20,22-23,35H,4,7-8,11-19H2,1-2H3,(H,28,36)(H3,29,30,31,32,33,34)/t23-/m1/s1. The molecule has 1 heterocycles. The molecule has 1 aromatic carbocycles. The molecule has 1 saturated carbocycles. The van der Waals surface area contributed by atoms with Crippen molar-refractivity contribution in [2.75, 3.05) is 62.1 Å². The molecule has 1 atom stereocenters. The number of anilines is 3. The molecule has 1 aromatic heterocycles. The second kappa shape index (κ2) is 16.7. The Morgan fingerprint density at radius 2 is 1.58 bits per heavy atom. The number of aliphatic hydroxyl groups excluding tert-OH is 1. The van der Waals surface area contributed by atoms with Gasteiger partial charge in [0.25, 0.3) is 5.91 Å². The van der Waals surface area contributed by atoms with E-state index in [-0.39, 0.29) is 24.5 Å². The zero-order valence-electron chi connectivity index (χ0n) is 22.6. The maximum atomic E-state index is 12.0. The molecule has 0 radical (unpaired) electrons. The zero-order valence-corrected chi connectivity index (χ0v) is 22.6. The number of ether oxygens (including phenoxy) is 2. The summed E-state index contributed by atoms with van der Waals surface area (Å²) in [7, 11) is 0. The number of hydrogen-bond acceptors (Lipinski definition) is 10. The van der Waals surface area contributed by atoms with Crippen LogP contribution < -0.4 is 21.3 Å². The second-order valence-electron chi connectivity index (χ2n) is 9.74. The van der Waals surface area contributed by atoms with Crippen LogP contribution in [0.4, 0.5) is 17.8 Å². The molecule has 1 aliphatic rings. The Labute approximate surface area is 225 Å². The second-order valence-corrected chi connectivity index (χ2v) is 9.74. The Bertz CT molecular complexity index is 942. The largest absolute Gasteiger partial charge is 0.394 e. The fourth-order valence-corrected chi connectivity index (χ4v) is 4.09. The highest BCUT2D eigenvalue weighted by atomic mass is 16.5. The Balaban J connectivity index is 1.36. The number of carbonyl (C=O) groups is 1.